The number of halogens is 12. The Labute approximate surface area is 722 Å². The summed E-state index contributed by atoms with van der Waals surface area (Å²) in [6, 6.07) is 20.0. The summed E-state index contributed by atoms with van der Waals surface area (Å²) in [6.07, 6.45) is 0.357. The van der Waals surface area contributed by atoms with Gasteiger partial charge < -0.3 is 42.7 Å². The molecule has 6 fully saturated rings. The fourth-order valence-corrected chi connectivity index (χ4v) is 28.8. The summed E-state index contributed by atoms with van der Waals surface area (Å²) in [4.78, 5) is 12.8. The van der Waals surface area contributed by atoms with Crippen molar-refractivity contribution in [1.82, 2.24) is 0 Å². The molecule has 6 aliphatic rings. The van der Waals surface area contributed by atoms with Crippen molar-refractivity contribution >= 4 is 56.8 Å². The molecule has 2 unspecified atom stereocenters. The minimum atomic E-state index is -5.91. The number of rotatable bonds is 29. The first kappa shape index (κ1) is 107. The van der Waals surface area contributed by atoms with E-state index in [0.29, 0.717) is 63.9 Å². The first-order valence-corrected chi connectivity index (χ1v) is 58.8. The highest BCUT2D eigenvalue weighted by atomic mass is 31.2. The molecule has 121 heavy (non-hydrogen) atoms. The van der Waals surface area contributed by atoms with Crippen LogP contribution in [0.2, 0.25) is 75.5 Å². The standard InChI is InChI=1S/C32H48F6O4.C32H51O3PSi2.C30H52F6O3Si2/c1-27(2,41)13-6-14-28(3,15-7-17-30(42,31(33,34)35)32(36,37)38)26-12-11-25-22(8-5-16-29(25,26)4)10-9-21-18-23(39)20-24(40)19-21;1-31(2,3)37(7,8)34-27-23-26(24-28(25-27)35-38(9,10)32(4,5)6)21-22-36(33,29-17-13-11-14-18-29)30-19-15-12-16-20-30;1-25(2,38-40(5,6)7)17-12-18-26(3,24-16-15-22-23(37)14-11-20-27(22,24)4)19-13-21-28(29(31,32)33,30(34,35)36)39-41(8,9)10/h7,9-10,17,23-26,39-42H,5-6,8,11-16,18-20H2,1-4H3;11-21,27-28H,22-25H2,1-10H3;13,21-22,24H,11-12,14-20H2,1-10H3/b17-7+,22-10+;;21-13+/t23-,24-,25?,26-,28-,29+;27-,28-;22?,24-,26-,27+/m111/s1. The van der Waals surface area contributed by atoms with Gasteiger partial charge in [-0.1, -0.05) is 190 Å². The smallest absolute Gasteiger partial charge is 0.414 e. The molecule has 8 rings (SSSR count). The van der Waals surface area contributed by atoms with Crippen LogP contribution in [-0.2, 0) is 27.1 Å². The summed E-state index contributed by atoms with van der Waals surface area (Å²) in [6.45, 7) is 49.1. The number of hydrogen-bond donors (Lipinski definition) is 4. The summed E-state index contributed by atoms with van der Waals surface area (Å²) in [7, 11) is -11.8. The van der Waals surface area contributed by atoms with Gasteiger partial charge in [0.25, 0.3) is 11.2 Å². The van der Waals surface area contributed by atoms with Crippen molar-refractivity contribution in [3.63, 3.8) is 0 Å². The Hall–Kier alpha value is -3.25. The van der Waals surface area contributed by atoms with Crippen molar-refractivity contribution in [2.24, 2.45) is 45.3 Å². The number of Topliss-reactive ketones (excluding diaryl/α,β-unsaturated/α-hetero) is 1. The summed E-state index contributed by atoms with van der Waals surface area (Å²) < 4.78 is 205. The lowest BCUT2D eigenvalue weighted by molar-refractivity contribution is -0.347. The molecule has 0 radical (unpaired) electrons. The van der Waals surface area contributed by atoms with Crippen LogP contribution in [0.15, 0.2) is 120 Å². The van der Waals surface area contributed by atoms with Crippen LogP contribution in [0.25, 0.3) is 0 Å². The van der Waals surface area contributed by atoms with Crippen LogP contribution < -0.4 is 10.6 Å². The van der Waals surface area contributed by atoms with E-state index in [4.69, 9.17) is 17.7 Å². The zero-order valence-electron chi connectivity index (χ0n) is 77.3. The van der Waals surface area contributed by atoms with Gasteiger partial charge in [0.1, 0.15) is 12.9 Å². The maximum atomic E-state index is 14.6. The van der Waals surface area contributed by atoms with Crippen LogP contribution in [-0.4, -0.2) is 137 Å². The Morgan fingerprint density at radius 2 is 0.909 bits per heavy atom. The van der Waals surface area contributed by atoms with E-state index in [1.165, 1.54) is 30.8 Å². The van der Waals surface area contributed by atoms with Crippen LogP contribution in [0.3, 0.4) is 0 Å². The number of allylic oxidation sites excluding steroid dienone is 6. The summed E-state index contributed by atoms with van der Waals surface area (Å²) in [5.41, 5.74) is -8.88. The first-order chi connectivity index (χ1) is 54.7. The van der Waals surface area contributed by atoms with Crippen molar-refractivity contribution in [3.8, 4) is 0 Å². The number of hydrogen-bond acceptors (Lipinski definition) is 10. The van der Waals surface area contributed by atoms with Gasteiger partial charge in [-0.15, -0.1) is 0 Å². The van der Waals surface area contributed by atoms with E-state index in [0.717, 1.165) is 112 Å². The number of aliphatic hydroxyl groups excluding tert-OH is 2. The number of ketones is 1. The quantitative estimate of drug-likeness (QED) is 0.0268. The molecular weight excluding hydrogens is 1660 g/mol. The minimum Gasteiger partial charge on any atom is -0.414 e. The summed E-state index contributed by atoms with van der Waals surface area (Å²) in [5.74, 6) is 0.336. The Morgan fingerprint density at radius 1 is 0.496 bits per heavy atom. The topological polar surface area (TPSA) is 152 Å². The van der Waals surface area contributed by atoms with E-state index in [-0.39, 0.29) is 87.6 Å². The van der Waals surface area contributed by atoms with Crippen LogP contribution in [0.4, 0.5) is 52.7 Å². The SMILES string of the molecule is CC(C)(C)[Si](C)(C)O[C@@H]1CC(=CCP(=O)(c2ccccc2)c2ccccc2)C[C@@H](O[Si](C)(C)C(C)(C)C)C1.CC(C)(CCC[C@](C)(C/C=C/C(O[Si](C)(C)C)(C(F)(F)F)C(F)(F)F)[C@H]1CCC2C(=O)CCC[C@@]21C)O[Si](C)(C)C.CC(C)(O)CCC[C@](C)(C/C=C/C(O)(C(F)(F)F)C(F)(F)F)[C@H]1CCC2/C(=C/C=C3C[C@@H](O)C[C@H](O)C3)CCC[C@@]21C. The number of carbonyl (C=O) groups is 1. The summed E-state index contributed by atoms with van der Waals surface area (Å²) in [5, 5.41) is 42.2. The molecule has 27 heteroatoms. The largest absolute Gasteiger partial charge is 0.429 e. The molecule has 4 N–H and O–H groups in total. The predicted octanol–water partition coefficient (Wildman–Crippen LogP) is 26.8. The van der Waals surface area contributed by atoms with Gasteiger partial charge in [0.05, 0.1) is 35.6 Å². The molecule has 10 nitrogen and oxygen atoms in total. The molecule has 0 heterocycles. The maximum absolute atomic E-state index is 14.6. The van der Waals surface area contributed by atoms with Crippen molar-refractivity contribution in [2.75, 3.05) is 6.16 Å². The van der Waals surface area contributed by atoms with E-state index in [9.17, 15) is 82.5 Å². The Balaban J connectivity index is 0.000000282. The van der Waals surface area contributed by atoms with Crippen molar-refractivity contribution in [2.45, 2.75) is 398 Å². The molecule has 6 aliphatic carbocycles. The summed E-state index contributed by atoms with van der Waals surface area (Å²) >= 11 is 0. The monoisotopic (exact) mass is 1810 g/mol. The lowest BCUT2D eigenvalue weighted by Crippen LogP contribution is -2.61. The Kier molecular flexibility index (Phi) is 34.9. The van der Waals surface area contributed by atoms with Gasteiger partial charge in [-0.25, -0.2) is 0 Å². The van der Waals surface area contributed by atoms with E-state index in [1.807, 2.05) is 94.4 Å². The molecule has 0 spiro atoms. The zero-order chi connectivity index (χ0) is 92.1. The zero-order valence-corrected chi connectivity index (χ0v) is 82.2. The molecular formula is C94H151F12O10PSi4. The van der Waals surface area contributed by atoms with E-state index >= 15 is 0 Å². The molecule has 0 bridgehead atoms. The fraction of sp³-hybridized carbons (Fsp3) is 0.755. The molecule has 2 aromatic carbocycles. The Morgan fingerprint density at radius 3 is 1.32 bits per heavy atom. The number of fused-ring (bicyclic) bond motifs is 2. The number of alkyl halides is 12. The number of aliphatic hydroxyl groups is 4. The molecule has 6 saturated carbocycles. The maximum Gasteiger partial charge on any atom is 0.429 e. The van der Waals surface area contributed by atoms with E-state index < -0.39 is 111 Å². The minimum absolute atomic E-state index is 0.000922. The average Bonchev–Trinajstić information content (AvgIpc) is 1.74. The van der Waals surface area contributed by atoms with Gasteiger partial charge in [0, 0.05) is 29.1 Å². The predicted molar refractivity (Wildman–Crippen MR) is 477 cm³/mol. The van der Waals surface area contributed by atoms with Gasteiger partial charge in [-0.2, -0.15) is 52.7 Å². The fourth-order valence-electron chi connectivity index (χ4n) is 20.5. The molecule has 0 aromatic heterocycles. The number of benzene rings is 2. The van der Waals surface area contributed by atoms with Crippen molar-refractivity contribution < 1.29 is 100 Å². The van der Waals surface area contributed by atoms with Crippen molar-refractivity contribution in [3.05, 3.63) is 120 Å². The number of carbonyl (C=O) groups excluding carboxylic acids is 1. The second-order valence-electron chi connectivity index (χ2n) is 43.9. The molecule has 2 aromatic rings. The average molecular weight is 1810 g/mol. The highest BCUT2D eigenvalue weighted by molar-refractivity contribution is 7.78. The molecule has 692 valence electrons. The highest BCUT2D eigenvalue weighted by Gasteiger charge is 2.72. The molecule has 0 saturated heterocycles. The molecule has 12 atom stereocenters. The second kappa shape index (κ2) is 39.6. The Bertz CT molecular complexity index is 3780. The van der Waals surface area contributed by atoms with Crippen LogP contribution in [0.5, 0.6) is 0 Å². The normalized spacial score (nSPS) is 26.6. The molecule has 0 aliphatic heterocycles. The first-order valence-electron chi connectivity index (χ1n) is 44.2. The van der Waals surface area contributed by atoms with Gasteiger partial charge >= 0.3 is 24.7 Å². The van der Waals surface area contributed by atoms with Gasteiger partial charge in [-0.3, -0.25) is 4.79 Å². The van der Waals surface area contributed by atoms with E-state index in [1.54, 1.807) is 13.8 Å². The van der Waals surface area contributed by atoms with E-state index in [2.05, 4.69) is 113 Å². The third kappa shape index (κ3) is 27.7. The van der Waals surface area contributed by atoms with Crippen molar-refractivity contribution in [1.29, 1.82) is 0 Å². The lowest BCUT2D eigenvalue weighted by Gasteiger charge is -2.49. The van der Waals surface area contributed by atoms with Gasteiger partial charge in [-0.05, 0) is 290 Å². The molecule has 0 amide bonds. The lowest BCUT2D eigenvalue weighted by atomic mass is 9.55. The van der Waals surface area contributed by atoms with Gasteiger partial charge in [0.15, 0.2) is 33.3 Å². The van der Waals surface area contributed by atoms with Crippen LogP contribution >= 0.6 is 7.14 Å². The van der Waals surface area contributed by atoms with Crippen LogP contribution in [0.1, 0.15) is 251 Å². The van der Waals surface area contributed by atoms with Crippen LogP contribution in [0, 0.1) is 45.3 Å². The third-order valence-corrected chi connectivity index (χ3v) is 42.4. The third-order valence-electron chi connectivity index (χ3n) is 28.3. The highest BCUT2D eigenvalue weighted by Crippen LogP contribution is 2.66. The second-order valence-corrected chi connectivity index (χ2v) is 65.1. The van der Waals surface area contributed by atoms with Gasteiger partial charge in [0.2, 0.25) is 0 Å².